The summed E-state index contributed by atoms with van der Waals surface area (Å²) in [4.78, 5) is 0. The topological polar surface area (TPSA) is 0 Å². The van der Waals surface area contributed by atoms with E-state index in [-0.39, 0.29) is 26.2 Å². The summed E-state index contributed by atoms with van der Waals surface area (Å²) in [5.74, 6) is 0. The summed E-state index contributed by atoms with van der Waals surface area (Å²) in [5.41, 5.74) is 0. The zero-order valence-electron chi connectivity index (χ0n) is 9.11. The normalized spacial score (nSPS) is 9.25. The Morgan fingerprint density at radius 3 is 1.50 bits per heavy atom. The van der Waals surface area contributed by atoms with Crippen LogP contribution < -0.4 is 0 Å². The van der Waals surface area contributed by atoms with Gasteiger partial charge in [0.2, 0.25) is 0 Å². The van der Waals surface area contributed by atoms with Gasteiger partial charge in [-0.05, 0) is 0 Å². The number of hydrogen-bond acceptors (Lipinski definition) is 0. The third-order valence-corrected chi connectivity index (χ3v) is 2.52. The van der Waals surface area contributed by atoms with Gasteiger partial charge in [-0.15, -0.1) is 52.9 Å². The molecule has 0 fully saturated rings. The molecule has 0 aliphatic carbocycles. The molecule has 16 heavy (non-hydrogen) atoms. The number of benzene rings is 2. The van der Waals surface area contributed by atoms with Crippen LogP contribution in [-0.2, 0) is 26.2 Å². The first kappa shape index (κ1) is 13.0. The molecule has 3 rings (SSSR count). The second-order valence-electron chi connectivity index (χ2n) is 3.32. The van der Waals surface area contributed by atoms with E-state index in [9.17, 15) is 0 Å². The van der Waals surface area contributed by atoms with E-state index < -0.39 is 0 Å². The summed E-state index contributed by atoms with van der Waals surface area (Å²) >= 11 is 0. The summed E-state index contributed by atoms with van der Waals surface area (Å²) < 4.78 is 0. The third kappa shape index (κ3) is 2.20. The average molecular weight is 284 g/mol. The van der Waals surface area contributed by atoms with E-state index in [0.717, 1.165) is 0 Å². The van der Waals surface area contributed by atoms with Crippen molar-refractivity contribution in [1.29, 1.82) is 0 Å². The van der Waals surface area contributed by atoms with Gasteiger partial charge in [-0.3, -0.25) is 0 Å². The predicted octanol–water partition coefficient (Wildman–Crippen LogP) is 4.51. The Balaban J connectivity index is 0.000000406. The Labute approximate surface area is 115 Å². The van der Waals surface area contributed by atoms with E-state index in [2.05, 4.69) is 67.8 Å². The Kier molecular flexibility index (Phi) is 4.77. The summed E-state index contributed by atoms with van der Waals surface area (Å²) in [6.07, 6.45) is 0. The molecule has 0 unspecified atom stereocenters. The minimum Gasteiger partial charge on any atom is -0.126 e. The largest absolute Gasteiger partial charge is 0.126 e. The van der Waals surface area contributed by atoms with Gasteiger partial charge in [0, 0.05) is 26.2 Å². The van der Waals surface area contributed by atoms with Crippen LogP contribution in [-0.4, -0.2) is 0 Å². The molecule has 0 aliphatic heterocycles. The molecule has 0 saturated carbocycles. The maximum absolute atomic E-state index is 3.00. The van der Waals surface area contributed by atoms with Gasteiger partial charge in [0.05, 0.1) is 0 Å². The Bertz CT molecular complexity index is 528. The molecule has 0 aromatic heterocycles. The first-order valence-electron chi connectivity index (χ1n) is 4.98. The molecule has 0 saturated heterocycles. The van der Waals surface area contributed by atoms with Crippen LogP contribution in [0.1, 0.15) is 0 Å². The van der Waals surface area contributed by atoms with Crippen molar-refractivity contribution in [3.05, 3.63) is 67.8 Å². The molecule has 0 amide bonds. The third-order valence-electron chi connectivity index (χ3n) is 2.52. The molecule has 0 radical (unpaired) electrons. The van der Waals surface area contributed by atoms with Crippen molar-refractivity contribution in [2.24, 2.45) is 0 Å². The van der Waals surface area contributed by atoms with Crippen LogP contribution in [0.5, 0.6) is 0 Å². The zero-order chi connectivity index (χ0) is 10.7. The molecule has 0 N–H and O–H groups in total. The molecule has 0 nitrogen and oxygen atoms in total. The minimum atomic E-state index is 0. The molecule has 0 spiro atoms. The van der Waals surface area contributed by atoms with E-state index in [4.69, 9.17) is 0 Å². The van der Waals surface area contributed by atoms with E-state index in [1.807, 2.05) is 0 Å². The molecule has 1 heteroatoms. The second-order valence-corrected chi connectivity index (χ2v) is 3.32. The molecular weight excluding hydrogens is 271 g/mol. The maximum atomic E-state index is 3.00. The second kappa shape index (κ2) is 5.87. The van der Waals surface area contributed by atoms with Crippen LogP contribution >= 0.6 is 0 Å². The van der Waals surface area contributed by atoms with Crippen molar-refractivity contribution in [1.82, 2.24) is 0 Å². The monoisotopic (exact) mass is 283 g/mol. The number of fused-ring (bicyclic) bond motifs is 3. The van der Waals surface area contributed by atoms with Crippen LogP contribution in [0.25, 0.3) is 21.5 Å². The van der Waals surface area contributed by atoms with Gasteiger partial charge < -0.3 is 0 Å². The van der Waals surface area contributed by atoms with Gasteiger partial charge in [-0.2, -0.15) is 0 Å². The predicted molar refractivity (Wildman–Crippen MR) is 68.3 cm³/mol. The number of rotatable bonds is 0. The van der Waals surface area contributed by atoms with Gasteiger partial charge in [-0.25, -0.2) is 0 Å². The van der Waals surface area contributed by atoms with Crippen LogP contribution in [0.3, 0.4) is 0 Å². The van der Waals surface area contributed by atoms with E-state index in [1.165, 1.54) is 21.5 Å². The van der Waals surface area contributed by atoms with Gasteiger partial charge in [0.1, 0.15) is 0 Å². The summed E-state index contributed by atoms with van der Waals surface area (Å²) in [6.45, 7) is 6.00. The van der Waals surface area contributed by atoms with E-state index >= 15 is 0 Å². The Morgan fingerprint density at radius 2 is 1.06 bits per heavy atom. The van der Waals surface area contributed by atoms with Crippen molar-refractivity contribution in [2.75, 3.05) is 0 Å². The first-order chi connectivity index (χ1) is 7.45. The summed E-state index contributed by atoms with van der Waals surface area (Å²) in [5, 5.41) is 5.39. The van der Waals surface area contributed by atoms with Crippen LogP contribution in [0.2, 0.25) is 0 Å². The minimum absolute atomic E-state index is 0. The quantitative estimate of drug-likeness (QED) is 0.421. The molecule has 78 valence electrons. The SMILES string of the molecule is C=C.[Zr].c1ccc2c(c1)[cH-]c1ccccc12. The standard InChI is InChI=1S/C13H9.C2H4.Zr/c1-3-7-12-10(5-1)9-11-6-2-4-8-13(11)12;1-2;/h1-9H;1-2H2;/q-1;;. The molecule has 0 aliphatic rings. The van der Waals surface area contributed by atoms with Crippen molar-refractivity contribution >= 4 is 21.5 Å². The van der Waals surface area contributed by atoms with Crippen molar-refractivity contribution in [3.63, 3.8) is 0 Å². The fourth-order valence-corrected chi connectivity index (χ4v) is 1.90. The Hall–Kier alpha value is -1.07. The molecule has 0 heterocycles. The maximum Gasteiger partial charge on any atom is 0 e. The fourth-order valence-electron chi connectivity index (χ4n) is 1.90. The van der Waals surface area contributed by atoms with Crippen LogP contribution in [0.4, 0.5) is 0 Å². The molecule has 0 atom stereocenters. The smallest absolute Gasteiger partial charge is 0 e. The molecule has 0 bridgehead atoms. The van der Waals surface area contributed by atoms with Crippen LogP contribution in [0, 0.1) is 0 Å². The fraction of sp³-hybridized carbons (Fsp3) is 0. The van der Waals surface area contributed by atoms with Gasteiger partial charge in [-0.1, -0.05) is 36.4 Å². The summed E-state index contributed by atoms with van der Waals surface area (Å²) in [6, 6.07) is 19.3. The van der Waals surface area contributed by atoms with Gasteiger partial charge >= 0.3 is 0 Å². The Morgan fingerprint density at radius 1 is 0.688 bits per heavy atom. The molecular formula is C15H13Zr-. The molecule has 3 aromatic rings. The van der Waals surface area contributed by atoms with Crippen molar-refractivity contribution in [3.8, 4) is 0 Å². The van der Waals surface area contributed by atoms with E-state index in [1.54, 1.807) is 0 Å². The average Bonchev–Trinajstić information content (AvgIpc) is 2.70. The van der Waals surface area contributed by atoms with Gasteiger partial charge in [0.15, 0.2) is 0 Å². The van der Waals surface area contributed by atoms with Crippen molar-refractivity contribution < 1.29 is 26.2 Å². The number of hydrogen-bond donors (Lipinski definition) is 0. The zero-order valence-corrected chi connectivity index (χ0v) is 11.6. The van der Waals surface area contributed by atoms with E-state index in [0.29, 0.717) is 0 Å². The van der Waals surface area contributed by atoms with Gasteiger partial charge in [0.25, 0.3) is 0 Å². The van der Waals surface area contributed by atoms with Crippen LogP contribution in [0.15, 0.2) is 67.8 Å². The van der Waals surface area contributed by atoms with Crippen molar-refractivity contribution in [2.45, 2.75) is 0 Å². The summed E-state index contributed by atoms with van der Waals surface area (Å²) in [7, 11) is 0. The molecule has 3 aromatic carbocycles. The first-order valence-corrected chi connectivity index (χ1v) is 4.98.